The van der Waals surface area contributed by atoms with Crippen molar-refractivity contribution in [3.63, 3.8) is 0 Å². The summed E-state index contributed by atoms with van der Waals surface area (Å²) in [7, 11) is 1.62. The normalized spacial score (nSPS) is 15.8. The molecule has 0 spiro atoms. The highest BCUT2D eigenvalue weighted by atomic mass is 35.5. The highest BCUT2D eigenvalue weighted by Gasteiger charge is 2.28. The van der Waals surface area contributed by atoms with E-state index in [-0.39, 0.29) is 5.91 Å². The van der Waals surface area contributed by atoms with E-state index in [2.05, 4.69) is 5.32 Å². The molecule has 0 fully saturated rings. The van der Waals surface area contributed by atoms with Crippen LogP contribution in [0.25, 0.3) is 0 Å². The van der Waals surface area contributed by atoms with Crippen LogP contribution in [-0.2, 0) is 17.8 Å². The first kappa shape index (κ1) is 14.7. The zero-order chi connectivity index (χ0) is 15.5. The molecule has 1 aliphatic rings. The molecule has 0 saturated heterocycles. The van der Waals surface area contributed by atoms with Crippen LogP contribution < -0.4 is 14.8 Å². The fraction of sp³-hybridized carbons (Fsp3) is 0.235. The fourth-order valence-corrected chi connectivity index (χ4v) is 2.60. The number of methoxy groups -OCH3 is 1. The molecule has 0 bridgehead atoms. The van der Waals surface area contributed by atoms with Crippen molar-refractivity contribution in [1.82, 2.24) is 5.32 Å². The largest absolute Gasteiger partial charge is 0.497 e. The third kappa shape index (κ3) is 3.17. The quantitative estimate of drug-likeness (QED) is 0.943. The number of amides is 1. The number of rotatable bonds is 4. The molecule has 0 aliphatic carbocycles. The maximum absolute atomic E-state index is 12.2. The number of halogens is 1. The molecule has 2 aromatic carbocycles. The Hall–Kier alpha value is -2.20. The molecule has 3 rings (SSSR count). The van der Waals surface area contributed by atoms with Gasteiger partial charge in [0.15, 0.2) is 6.10 Å². The minimum Gasteiger partial charge on any atom is -0.497 e. The summed E-state index contributed by atoms with van der Waals surface area (Å²) in [6.07, 6.45) is 0.0522. The maximum atomic E-state index is 12.2. The van der Waals surface area contributed by atoms with Crippen LogP contribution in [0.5, 0.6) is 11.5 Å². The van der Waals surface area contributed by atoms with Gasteiger partial charge in [-0.25, -0.2) is 0 Å². The molecule has 22 heavy (non-hydrogen) atoms. The van der Waals surface area contributed by atoms with E-state index in [4.69, 9.17) is 21.1 Å². The van der Waals surface area contributed by atoms with Crippen LogP contribution in [-0.4, -0.2) is 19.1 Å². The second-order valence-corrected chi connectivity index (χ2v) is 5.56. The molecule has 2 aromatic rings. The second-order valence-electron chi connectivity index (χ2n) is 5.13. The summed E-state index contributed by atoms with van der Waals surface area (Å²) in [5.74, 6) is 1.40. The summed E-state index contributed by atoms with van der Waals surface area (Å²) in [4.78, 5) is 12.2. The van der Waals surface area contributed by atoms with Crippen molar-refractivity contribution in [2.45, 2.75) is 19.1 Å². The molecule has 0 radical (unpaired) electrons. The molecule has 4 nitrogen and oxygen atoms in total. The first-order chi connectivity index (χ1) is 10.7. The number of hydrogen-bond acceptors (Lipinski definition) is 3. The van der Waals surface area contributed by atoms with Gasteiger partial charge in [0, 0.05) is 18.0 Å². The van der Waals surface area contributed by atoms with Crippen molar-refractivity contribution in [3.05, 3.63) is 58.6 Å². The van der Waals surface area contributed by atoms with Gasteiger partial charge in [0.05, 0.1) is 7.11 Å². The van der Waals surface area contributed by atoms with E-state index in [1.165, 1.54) is 0 Å². The highest BCUT2D eigenvalue weighted by Crippen LogP contribution is 2.31. The van der Waals surface area contributed by atoms with E-state index < -0.39 is 6.10 Å². The predicted molar refractivity (Wildman–Crippen MR) is 84.4 cm³/mol. The van der Waals surface area contributed by atoms with Crippen molar-refractivity contribution in [1.29, 1.82) is 0 Å². The molecule has 1 amide bonds. The lowest BCUT2D eigenvalue weighted by atomic mass is 10.1. The monoisotopic (exact) mass is 317 g/mol. The minimum absolute atomic E-state index is 0.122. The van der Waals surface area contributed by atoms with Gasteiger partial charge in [-0.1, -0.05) is 23.7 Å². The molecule has 5 heteroatoms. The summed E-state index contributed by atoms with van der Waals surface area (Å²) in [6.45, 7) is 0.458. The summed E-state index contributed by atoms with van der Waals surface area (Å²) < 4.78 is 10.8. The van der Waals surface area contributed by atoms with Crippen molar-refractivity contribution >= 4 is 17.5 Å². The number of benzene rings is 2. The SMILES string of the molecule is COc1ccc(CNC(=O)C2Cc3cc(Cl)ccc3O2)cc1. The number of hydrogen-bond donors (Lipinski definition) is 1. The first-order valence-electron chi connectivity index (χ1n) is 7.01. The molecule has 1 atom stereocenters. The van der Waals surface area contributed by atoms with Gasteiger partial charge in [-0.05, 0) is 41.5 Å². The van der Waals surface area contributed by atoms with E-state index in [0.29, 0.717) is 18.0 Å². The Morgan fingerprint density at radius 2 is 2.09 bits per heavy atom. The van der Waals surface area contributed by atoms with Crippen LogP contribution in [0.1, 0.15) is 11.1 Å². The van der Waals surface area contributed by atoms with Crippen LogP contribution in [0.2, 0.25) is 5.02 Å². The average molecular weight is 318 g/mol. The van der Waals surface area contributed by atoms with Crippen molar-refractivity contribution in [3.8, 4) is 11.5 Å². The summed E-state index contributed by atoms with van der Waals surface area (Å²) >= 11 is 5.95. The Labute approximate surface area is 134 Å². The Kier molecular flexibility index (Phi) is 4.20. The van der Waals surface area contributed by atoms with Gasteiger partial charge in [0.1, 0.15) is 11.5 Å². The topological polar surface area (TPSA) is 47.6 Å². The van der Waals surface area contributed by atoms with E-state index in [1.54, 1.807) is 19.2 Å². The van der Waals surface area contributed by atoms with Gasteiger partial charge in [0.2, 0.25) is 0 Å². The average Bonchev–Trinajstić information content (AvgIpc) is 2.96. The van der Waals surface area contributed by atoms with E-state index in [9.17, 15) is 4.79 Å². The Morgan fingerprint density at radius 1 is 1.32 bits per heavy atom. The zero-order valence-electron chi connectivity index (χ0n) is 12.1. The molecular formula is C17H16ClNO3. The van der Waals surface area contributed by atoms with Gasteiger partial charge >= 0.3 is 0 Å². The minimum atomic E-state index is -0.494. The van der Waals surface area contributed by atoms with Gasteiger partial charge in [0.25, 0.3) is 5.91 Å². The Morgan fingerprint density at radius 3 is 2.82 bits per heavy atom. The van der Waals surface area contributed by atoms with Gasteiger partial charge in [-0.15, -0.1) is 0 Å². The number of fused-ring (bicyclic) bond motifs is 1. The van der Waals surface area contributed by atoms with Crippen molar-refractivity contribution in [2.24, 2.45) is 0 Å². The van der Waals surface area contributed by atoms with E-state index in [0.717, 1.165) is 22.6 Å². The third-order valence-electron chi connectivity index (χ3n) is 3.62. The smallest absolute Gasteiger partial charge is 0.261 e. The molecule has 0 aromatic heterocycles. The fourth-order valence-electron chi connectivity index (χ4n) is 2.41. The van der Waals surface area contributed by atoms with Gasteiger partial charge in [-0.3, -0.25) is 4.79 Å². The Bertz CT molecular complexity index is 685. The predicted octanol–water partition coefficient (Wildman–Crippen LogP) is 2.97. The number of ether oxygens (including phenoxy) is 2. The van der Waals surface area contributed by atoms with Crippen LogP contribution in [0.3, 0.4) is 0 Å². The molecule has 1 unspecified atom stereocenters. The molecular weight excluding hydrogens is 302 g/mol. The Balaban J connectivity index is 1.57. The van der Waals surface area contributed by atoms with Crippen molar-refractivity contribution in [2.75, 3.05) is 7.11 Å². The molecule has 0 saturated carbocycles. The van der Waals surface area contributed by atoms with Gasteiger partial charge < -0.3 is 14.8 Å². The lowest BCUT2D eigenvalue weighted by Gasteiger charge is -2.11. The zero-order valence-corrected chi connectivity index (χ0v) is 12.9. The van der Waals surface area contributed by atoms with Crippen LogP contribution in [0, 0.1) is 0 Å². The summed E-state index contributed by atoms with van der Waals surface area (Å²) in [5, 5.41) is 3.54. The van der Waals surface area contributed by atoms with E-state index in [1.807, 2.05) is 30.3 Å². The molecule has 1 heterocycles. The third-order valence-corrected chi connectivity index (χ3v) is 3.85. The molecule has 114 valence electrons. The first-order valence-corrected chi connectivity index (χ1v) is 7.39. The van der Waals surface area contributed by atoms with Gasteiger partial charge in [-0.2, -0.15) is 0 Å². The highest BCUT2D eigenvalue weighted by molar-refractivity contribution is 6.30. The standard InChI is InChI=1S/C17H16ClNO3/c1-21-14-5-2-11(3-6-14)10-19-17(20)16-9-12-8-13(18)4-7-15(12)22-16/h2-8,16H,9-10H2,1H3,(H,19,20). The summed E-state index contributed by atoms with van der Waals surface area (Å²) in [6, 6.07) is 13.0. The van der Waals surface area contributed by atoms with Crippen molar-refractivity contribution < 1.29 is 14.3 Å². The van der Waals surface area contributed by atoms with Crippen LogP contribution in [0.15, 0.2) is 42.5 Å². The van der Waals surface area contributed by atoms with Crippen LogP contribution >= 0.6 is 11.6 Å². The number of carbonyl (C=O) groups excluding carboxylic acids is 1. The maximum Gasteiger partial charge on any atom is 0.261 e. The second kappa shape index (κ2) is 6.28. The van der Waals surface area contributed by atoms with E-state index >= 15 is 0 Å². The lowest BCUT2D eigenvalue weighted by molar-refractivity contribution is -0.127. The number of carbonyl (C=O) groups is 1. The molecule has 1 aliphatic heterocycles. The number of nitrogens with one attached hydrogen (secondary N) is 1. The molecule has 1 N–H and O–H groups in total. The van der Waals surface area contributed by atoms with Crippen LogP contribution in [0.4, 0.5) is 0 Å². The summed E-state index contributed by atoms with van der Waals surface area (Å²) in [5.41, 5.74) is 1.98. The lowest BCUT2D eigenvalue weighted by Crippen LogP contribution is -2.36.